The van der Waals surface area contributed by atoms with E-state index in [1.165, 1.54) is 0 Å². The molecule has 0 aromatic heterocycles. The number of carbonyl (C=O) groups excluding carboxylic acids is 2. The van der Waals surface area contributed by atoms with Crippen LogP contribution in [0.1, 0.15) is 56.1 Å². The van der Waals surface area contributed by atoms with Crippen LogP contribution >= 0.6 is 11.6 Å². The molecule has 0 spiro atoms. The molecular formula is C27H33ClN2O4. The summed E-state index contributed by atoms with van der Waals surface area (Å²) in [6.45, 7) is 1.03. The summed E-state index contributed by atoms with van der Waals surface area (Å²) < 4.78 is 5.42. The molecular weight excluding hydrogens is 452 g/mol. The summed E-state index contributed by atoms with van der Waals surface area (Å²) in [7, 11) is 0. The molecule has 182 valence electrons. The van der Waals surface area contributed by atoms with E-state index in [1.807, 2.05) is 42.5 Å². The van der Waals surface area contributed by atoms with E-state index in [-0.39, 0.29) is 18.4 Å². The number of hydrogen-bond donors (Lipinski definition) is 2. The maximum Gasteiger partial charge on any atom is 0.408 e. The average Bonchev–Trinajstić information content (AvgIpc) is 2.87. The van der Waals surface area contributed by atoms with Gasteiger partial charge in [-0.05, 0) is 54.9 Å². The summed E-state index contributed by atoms with van der Waals surface area (Å²) in [6, 6.07) is 16.1. The summed E-state index contributed by atoms with van der Waals surface area (Å²) in [5, 5.41) is 14.7. The third kappa shape index (κ3) is 6.10. The minimum Gasteiger partial charge on any atom is -0.445 e. The second-order valence-electron chi connectivity index (χ2n) is 9.45. The number of halogens is 1. The van der Waals surface area contributed by atoms with Gasteiger partial charge in [-0.15, -0.1) is 0 Å². The molecule has 1 aliphatic carbocycles. The summed E-state index contributed by atoms with van der Waals surface area (Å²) in [5.41, 5.74) is 0.732. The number of amides is 2. The smallest absolute Gasteiger partial charge is 0.408 e. The zero-order valence-electron chi connectivity index (χ0n) is 19.4. The van der Waals surface area contributed by atoms with Gasteiger partial charge in [0.2, 0.25) is 5.91 Å². The Morgan fingerprint density at radius 1 is 1.03 bits per heavy atom. The number of rotatable bonds is 6. The second kappa shape index (κ2) is 11.2. The number of nitrogens with zero attached hydrogens (tertiary/aromatic N) is 1. The van der Waals surface area contributed by atoms with Crippen molar-refractivity contribution in [3.63, 3.8) is 0 Å². The normalized spacial score (nSPS) is 19.3. The highest BCUT2D eigenvalue weighted by atomic mass is 35.5. The zero-order chi connectivity index (χ0) is 24.0. The highest BCUT2D eigenvalue weighted by Crippen LogP contribution is 2.34. The van der Waals surface area contributed by atoms with Gasteiger partial charge in [-0.3, -0.25) is 4.79 Å². The van der Waals surface area contributed by atoms with Crippen LogP contribution in [0.2, 0.25) is 5.02 Å². The third-order valence-corrected chi connectivity index (χ3v) is 7.41. The number of likely N-dealkylation sites (tertiary alicyclic amines) is 1. The minimum absolute atomic E-state index is 0.0817. The second-order valence-corrected chi connectivity index (χ2v) is 9.88. The van der Waals surface area contributed by atoms with Crippen molar-refractivity contribution in [1.29, 1.82) is 0 Å². The molecule has 34 heavy (non-hydrogen) atoms. The summed E-state index contributed by atoms with van der Waals surface area (Å²) in [6.07, 6.45) is 5.43. The highest BCUT2D eigenvalue weighted by molar-refractivity contribution is 6.30. The molecule has 0 bridgehead atoms. The molecule has 2 fully saturated rings. The molecule has 7 heteroatoms. The molecule has 2 aliphatic rings. The Hall–Kier alpha value is -2.57. The fourth-order valence-corrected chi connectivity index (χ4v) is 5.21. The average molecular weight is 485 g/mol. The first-order chi connectivity index (χ1) is 16.4. The molecule has 2 amide bonds. The van der Waals surface area contributed by atoms with E-state index < -0.39 is 17.7 Å². The van der Waals surface area contributed by atoms with Crippen molar-refractivity contribution in [2.75, 3.05) is 13.1 Å². The number of carbonyl (C=O) groups is 2. The molecule has 4 rings (SSSR count). The molecule has 1 atom stereocenters. The standard InChI is InChI=1S/C27H33ClN2O4/c28-23-13-11-22(12-14-23)27(33)15-17-30(18-16-27)25(31)24(21-9-5-2-6-10-21)29-26(32)34-19-20-7-3-1-4-8-20/h1,3-4,7-8,11-14,21,24,33H,2,5-6,9-10,15-19H2,(H,29,32)/t24-/m1/s1. The van der Waals surface area contributed by atoms with Crippen LogP contribution in [0.5, 0.6) is 0 Å². The first-order valence-electron chi connectivity index (χ1n) is 12.2. The first kappa shape index (κ1) is 24.6. The lowest BCUT2D eigenvalue weighted by Gasteiger charge is -2.41. The van der Waals surface area contributed by atoms with Crippen molar-refractivity contribution in [3.05, 3.63) is 70.7 Å². The van der Waals surface area contributed by atoms with Crippen molar-refractivity contribution in [3.8, 4) is 0 Å². The number of piperidine rings is 1. The molecule has 6 nitrogen and oxygen atoms in total. The maximum absolute atomic E-state index is 13.6. The number of alkyl carbamates (subject to hydrolysis) is 1. The van der Waals surface area contributed by atoms with Gasteiger partial charge in [-0.1, -0.05) is 73.3 Å². The summed E-state index contributed by atoms with van der Waals surface area (Å²) in [4.78, 5) is 28.0. The van der Waals surface area contributed by atoms with Crippen LogP contribution in [-0.2, 0) is 21.7 Å². The van der Waals surface area contributed by atoms with Gasteiger partial charge in [-0.2, -0.15) is 0 Å². The molecule has 1 aliphatic heterocycles. The Labute approximate surface area is 206 Å². The molecule has 0 unspecified atom stereocenters. The Bertz CT molecular complexity index is 952. The number of ether oxygens (including phenoxy) is 1. The molecule has 1 saturated heterocycles. The fourth-order valence-electron chi connectivity index (χ4n) is 5.08. The van der Waals surface area contributed by atoms with E-state index in [9.17, 15) is 14.7 Å². The van der Waals surface area contributed by atoms with Crippen LogP contribution < -0.4 is 5.32 Å². The van der Waals surface area contributed by atoms with Gasteiger partial charge >= 0.3 is 6.09 Å². The van der Waals surface area contributed by atoms with Crippen molar-refractivity contribution >= 4 is 23.6 Å². The minimum atomic E-state index is -0.982. The van der Waals surface area contributed by atoms with Gasteiger partial charge in [0.25, 0.3) is 0 Å². The Kier molecular flexibility index (Phi) is 8.11. The van der Waals surface area contributed by atoms with Crippen molar-refractivity contribution in [2.45, 2.75) is 63.2 Å². The zero-order valence-corrected chi connectivity index (χ0v) is 20.2. The molecule has 1 saturated carbocycles. The SMILES string of the molecule is O=C(N[C@@H](C(=O)N1CCC(O)(c2ccc(Cl)cc2)CC1)C1CCCCC1)OCc1ccccc1. The van der Waals surface area contributed by atoms with Gasteiger partial charge in [0.15, 0.2) is 0 Å². The van der Waals surface area contributed by atoms with Crippen molar-refractivity contribution in [2.24, 2.45) is 5.92 Å². The topological polar surface area (TPSA) is 78.9 Å². The van der Waals surface area contributed by atoms with Gasteiger partial charge in [-0.25, -0.2) is 4.79 Å². The number of benzene rings is 2. The number of hydrogen-bond acceptors (Lipinski definition) is 4. The van der Waals surface area contributed by atoms with Crippen molar-refractivity contribution < 1.29 is 19.4 Å². The van der Waals surface area contributed by atoms with E-state index in [2.05, 4.69) is 5.32 Å². The monoisotopic (exact) mass is 484 g/mol. The fraction of sp³-hybridized carbons (Fsp3) is 0.481. The predicted octanol–water partition coefficient (Wildman–Crippen LogP) is 5.03. The first-order valence-corrected chi connectivity index (χ1v) is 12.6. The maximum atomic E-state index is 13.6. The molecule has 2 aromatic carbocycles. The quantitative estimate of drug-likeness (QED) is 0.603. The molecule has 0 radical (unpaired) electrons. The molecule has 1 heterocycles. The van der Waals surface area contributed by atoms with Gasteiger partial charge in [0.05, 0.1) is 5.60 Å². The largest absolute Gasteiger partial charge is 0.445 e. The lowest BCUT2D eigenvalue weighted by Crippen LogP contribution is -2.55. The predicted molar refractivity (Wildman–Crippen MR) is 131 cm³/mol. The lowest BCUT2D eigenvalue weighted by atomic mass is 9.81. The van der Waals surface area contributed by atoms with E-state index >= 15 is 0 Å². The van der Waals surface area contributed by atoms with E-state index in [0.717, 1.165) is 43.2 Å². The van der Waals surface area contributed by atoms with Crippen LogP contribution in [0.4, 0.5) is 4.79 Å². The van der Waals surface area contributed by atoms with Crippen LogP contribution in [-0.4, -0.2) is 41.1 Å². The van der Waals surface area contributed by atoms with Crippen molar-refractivity contribution in [1.82, 2.24) is 10.2 Å². The van der Waals surface area contributed by atoms with Crippen LogP contribution in [0.25, 0.3) is 0 Å². The number of aliphatic hydroxyl groups is 1. The highest BCUT2D eigenvalue weighted by Gasteiger charge is 2.39. The van der Waals surface area contributed by atoms with E-state index in [0.29, 0.717) is 31.0 Å². The van der Waals surface area contributed by atoms with Gasteiger partial charge < -0.3 is 20.1 Å². The lowest BCUT2D eigenvalue weighted by molar-refractivity contribution is -0.139. The molecule has 2 N–H and O–H groups in total. The molecule has 2 aromatic rings. The Balaban J connectivity index is 1.39. The van der Waals surface area contributed by atoms with Crippen LogP contribution in [0, 0.1) is 5.92 Å². The Morgan fingerprint density at radius 2 is 1.68 bits per heavy atom. The third-order valence-electron chi connectivity index (χ3n) is 7.16. The summed E-state index contributed by atoms with van der Waals surface area (Å²) >= 11 is 5.99. The summed E-state index contributed by atoms with van der Waals surface area (Å²) in [5.74, 6) is 0.0179. The van der Waals surface area contributed by atoms with Crippen LogP contribution in [0.3, 0.4) is 0 Å². The van der Waals surface area contributed by atoms with Gasteiger partial charge in [0, 0.05) is 18.1 Å². The number of nitrogens with one attached hydrogen (secondary N) is 1. The van der Waals surface area contributed by atoms with E-state index in [1.54, 1.807) is 17.0 Å². The Morgan fingerprint density at radius 3 is 2.32 bits per heavy atom. The van der Waals surface area contributed by atoms with Gasteiger partial charge in [0.1, 0.15) is 12.6 Å². The van der Waals surface area contributed by atoms with E-state index in [4.69, 9.17) is 16.3 Å². The van der Waals surface area contributed by atoms with Crippen LogP contribution in [0.15, 0.2) is 54.6 Å².